The Labute approximate surface area is 155 Å². The van der Waals surface area contributed by atoms with Crippen molar-refractivity contribution in [3.05, 3.63) is 29.2 Å². The van der Waals surface area contributed by atoms with Gasteiger partial charge in [-0.05, 0) is 0 Å². The molecule has 0 aliphatic carbocycles. The van der Waals surface area contributed by atoms with Gasteiger partial charge in [0.05, 0.1) is 32.3 Å². The molecule has 2 aromatic heterocycles. The SMILES string of the molecule is CN(Cc1nccs1)C(=O)CC1COCCN1C(=O)CCn1cncn1. The molecule has 3 heterocycles. The third-order valence-electron chi connectivity index (χ3n) is 4.26. The van der Waals surface area contributed by atoms with Gasteiger partial charge in [0.15, 0.2) is 0 Å². The fourth-order valence-electron chi connectivity index (χ4n) is 2.83. The Balaban J connectivity index is 1.53. The summed E-state index contributed by atoms with van der Waals surface area (Å²) < 4.78 is 7.12. The van der Waals surface area contributed by atoms with E-state index < -0.39 is 0 Å². The van der Waals surface area contributed by atoms with Crippen LogP contribution in [0.2, 0.25) is 0 Å². The molecule has 0 spiro atoms. The summed E-state index contributed by atoms with van der Waals surface area (Å²) in [5.41, 5.74) is 0. The molecule has 0 radical (unpaired) electrons. The van der Waals surface area contributed by atoms with E-state index in [0.29, 0.717) is 39.3 Å². The number of nitrogens with zero attached hydrogens (tertiary/aromatic N) is 6. The third kappa shape index (κ3) is 4.85. The first kappa shape index (κ1) is 18.5. The van der Waals surface area contributed by atoms with Crippen LogP contribution in [0.25, 0.3) is 0 Å². The highest BCUT2D eigenvalue weighted by atomic mass is 32.1. The van der Waals surface area contributed by atoms with E-state index >= 15 is 0 Å². The molecule has 0 N–H and O–H groups in total. The molecule has 1 aliphatic heterocycles. The average Bonchev–Trinajstić information content (AvgIpc) is 3.34. The molecule has 0 saturated carbocycles. The molecule has 2 amide bonds. The highest BCUT2D eigenvalue weighted by molar-refractivity contribution is 7.09. The number of amides is 2. The normalized spacial score (nSPS) is 17.3. The third-order valence-corrected chi connectivity index (χ3v) is 5.03. The van der Waals surface area contributed by atoms with Crippen molar-refractivity contribution in [3.63, 3.8) is 0 Å². The minimum Gasteiger partial charge on any atom is -0.377 e. The van der Waals surface area contributed by atoms with Crippen LogP contribution in [-0.4, -0.2) is 74.2 Å². The van der Waals surface area contributed by atoms with Crippen LogP contribution in [0.5, 0.6) is 0 Å². The maximum atomic E-state index is 12.6. The van der Waals surface area contributed by atoms with Gasteiger partial charge in [0.25, 0.3) is 0 Å². The number of aryl methyl sites for hydroxylation is 1. The molecule has 140 valence electrons. The zero-order chi connectivity index (χ0) is 18.4. The number of hydrogen-bond acceptors (Lipinski definition) is 7. The van der Waals surface area contributed by atoms with E-state index in [1.807, 2.05) is 5.38 Å². The number of hydrogen-bond donors (Lipinski definition) is 0. The van der Waals surface area contributed by atoms with Crippen LogP contribution in [0.3, 0.4) is 0 Å². The minimum absolute atomic E-state index is 0.00387. The van der Waals surface area contributed by atoms with E-state index in [1.165, 1.54) is 17.7 Å². The lowest BCUT2D eigenvalue weighted by atomic mass is 10.1. The molecule has 10 heteroatoms. The zero-order valence-electron chi connectivity index (χ0n) is 14.7. The van der Waals surface area contributed by atoms with E-state index in [4.69, 9.17) is 4.74 Å². The van der Waals surface area contributed by atoms with Crippen molar-refractivity contribution in [2.45, 2.75) is 32.0 Å². The van der Waals surface area contributed by atoms with Crippen molar-refractivity contribution >= 4 is 23.2 Å². The lowest BCUT2D eigenvalue weighted by Gasteiger charge is -2.36. The zero-order valence-corrected chi connectivity index (χ0v) is 15.5. The van der Waals surface area contributed by atoms with E-state index in [1.54, 1.807) is 34.1 Å². The number of carbonyl (C=O) groups is 2. The van der Waals surface area contributed by atoms with Crippen molar-refractivity contribution in [2.24, 2.45) is 0 Å². The van der Waals surface area contributed by atoms with Gasteiger partial charge < -0.3 is 14.5 Å². The van der Waals surface area contributed by atoms with Gasteiger partial charge in [-0.3, -0.25) is 14.3 Å². The topological polar surface area (TPSA) is 93.5 Å². The lowest BCUT2D eigenvalue weighted by Crippen LogP contribution is -2.50. The number of carbonyl (C=O) groups excluding carboxylic acids is 2. The molecule has 1 aliphatic rings. The first-order chi connectivity index (χ1) is 12.6. The first-order valence-electron chi connectivity index (χ1n) is 8.45. The summed E-state index contributed by atoms with van der Waals surface area (Å²) in [6, 6.07) is -0.238. The van der Waals surface area contributed by atoms with Crippen molar-refractivity contribution in [1.82, 2.24) is 29.5 Å². The molecular formula is C16H22N6O3S. The lowest BCUT2D eigenvalue weighted by molar-refractivity contribution is -0.143. The second kappa shape index (κ2) is 8.86. The first-order valence-corrected chi connectivity index (χ1v) is 9.33. The molecule has 1 atom stereocenters. The summed E-state index contributed by atoms with van der Waals surface area (Å²) in [5, 5.41) is 6.78. The Bertz CT molecular complexity index is 706. The number of ether oxygens (including phenoxy) is 1. The summed E-state index contributed by atoms with van der Waals surface area (Å²) in [6.45, 7) is 2.33. The predicted molar refractivity (Wildman–Crippen MR) is 94.2 cm³/mol. The quantitative estimate of drug-likeness (QED) is 0.692. The second-order valence-corrected chi connectivity index (χ2v) is 7.08. The Kier molecular flexibility index (Phi) is 6.29. The van der Waals surface area contributed by atoms with Crippen LogP contribution >= 0.6 is 11.3 Å². The van der Waals surface area contributed by atoms with Gasteiger partial charge in [0, 0.05) is 38.0 Å². The van der Waals surface area contributed by atoms with Crippen LogP contribution in [-0.2, 0) is 27.4 Å². The monoisotopic (exact) mass is 378 g/mol. The molecule has 1 fully saturated rings. The highest BCUT2D eigenvalue weighted by Crippen LogP contribution is 2.15. The molecule has 0 bridgehead atoms. The Hall–Kier alpha value is -2.33. The molecular weight excluding hydrogens is 356 g/mol. The van der Waals surface area contributed by atoms with Crippen LogP contribution in [0.1, 0.15) is 17.8 Å². The minimum atomic E-state index is -0.238. The summed E-state index contributed by atoms with van der Waals surface area (Å²) >= 11 is 1.52. The van der Waals surface area contributed by atoms with Gasteiger partial charge in [0.1, 0.15) is 17.7 Å². The molecule has 3 rings (SSSR count). The van der Waals surface area contributed by atoms with Crippen molar-refractivity contribution < 1.29 is 14.3 Å². The van der Waals surface area contributed by atoms with Crippen molar-refractivity contribution in [1.29, 1.82) is 0 Å². The highest BCUT2D eigenvalue weighted by Gasteiger charge is 2.30. The van der Waals surface area contributed by atoms with E-state index in [9.17, 15) is 9.59 Å². The number of thiazole rings is 1. The van der Waals surface area contributed by atoms with E-state index in [0.717, 1.165) is 5.01 Å². The van der Waals surface area contributed by atoms with Crippen LogP contribution in [0.4, 0.5) is 0 Å². The fourth-order valence-corrected chi connectivity index (χ4v) is 3.50. The molecule has 2 aromatic rings. The number of morpholine rings is 1. The average molecular weight is 378 g/mol. The summed E-state index contributed by atoms with van der Waals surface area (Å²) in [5.74, 6) is -0.0195. The van der Waals surface area contributed by atoms with Gasteiger partial charge >= 0.3 is 0 Å². The Morgan fingerprint density at radius 2 is 2.35 bits per heavy atom. The summed E-state index contributed by atoms with van der Waals surface area (Å²) in [4.78, 5) is 36.6. The second-order valence-electron chi connectivity index (χ2n) is 6.10. The molecule has 0 aromatic carbocycles. The number of aromatic nitrogens is 4. The summed E-state index contributed by atoms with van der Waals surface area (Å²) in [7, 11) is 1.75. The fraction of sp³-hybridized carbons (Fsp3) is 0.562. The maximum Gasteiger partial charge on any atom is 0.224 e. The molecule has 26 heavy (non-hydrogen) atoms. The van der Waals surface area contributed by atoms with Crippen molar-refractivity contribution in [3.8, 4) is 0 Å². The van der Waals surface area contributed by atoms with Crippen LogP contribution in [0.15, 0.2) is 24.2 Å². The van der Waals surface area contributed by atoms with Gasteiger partial charge in [-0.1, -0.05) is 0 Å². The van der Waals surface area contributed by atoms with Gasteiger partial charge in [-0.2, -0.15) is 5.10 Å². The standard InChI is InChI=1S/C16H22N6O3S/c1-20(9-14-18-3-7-26-14)16(24)8-13-10-25-6-5-22(13)15(23)2-4-21-12-17-11-19-21/h3,7,11-13H,2,4-6,8-10H2,1H3. The van der Waals surface area contributed by atoms with Crippen molar-refractivity contribution in [2.75, 3.05) is 26.8 Å². The number of rotatable bonds is 7. The smallest absolute Gasteiger partial charge is 0.224 e. The van der Waals surface area contributed by atoms with E-state index in [-0.39, 0.29) is 24.3 Å². The van der Waals surface area contributed by atoms with Crippen LogP contribution in [0, 0.1) is 0 Å². The van der Waals surface area contributed by atoms with Crippen LogP contribution < -0.4 is 0 Å². The maximum absolute atomic E-state index is 12.6. The van der Waals surface area contributed by atoms with Gasteiger partial charge in [-0.15, -0.1) is 11.3 Å². The molecule has 1 saturated heterocycles. The predicted octanol–water partition coefficient (Wildman–Crippen LogP) is 0.401. The Morgan fingerprint density at radius 3 is 3.08 bits per heavy atom. The van der Waals surface area contributed by atoms with E-state index in [2.05, 4.69) is 15.1 Å². The van der Waals surface area contributed by atoms with Gasteiger partial charge in [0.2, 0.25) is 11.8 Å². The molecule has 1 unspecified atom stereocenters. The Morgan fingerprint density at radius 1 is 1.46 bits per heavy atom. The largest absolute Gasteiger partial charge is 0.377 e. The summed E-state index contributed by atoms with van der Waals surface area (Å²) in [6.07, 6.45) is 5.32. The molecule has 9 nitrogen and oxygen atoms in total. The van der Waals surface area contributed by atoms with Gasteiger partial charge in [-0.25, -0.2) is 9.97 Å².